The summed E-state index contributed by atoms with van der Waals surface area (Å²) in [6, 6.07) is 4.71. The van der Waals surface area contributed by atoms with Crippen LogP contribution in [-0.2, 0) is 4.74 Å². The first-order valence-corrected chi connectivity index (χ1v) is 12.2. The molecule has 1 aromatic rings. The second-order valence-corrected chi connectivity index (χ2v) is 9.18. The van der Waals surface area contributed by atoms with E-state index in [-0.39, 0.29) is 24.0 Å². The molecule has 0 aliphatic carbocycles. The summed E-state index contributed by atoms with van der Waals surface area (Å²) < 4.78 is 5.55. The highest BCUT2D eigenvalue weighted by atomic mass is 127. The zero-order chi connectivity index (χ0) is 20.3. The number of ether oxygens (including phenoxy) is 1. The number of morpholine rings is 1. The van der Waals surface area contributed by atoms with Crippen LogP contribution < -0.4 is 10.6 Å². The van der Waals surface area contributed by atoms with Crippen molar-refractivity contribution in [1.82, 2.24) is 20.4 Å². The lowest BCUT2D eigenvalue weighted by atomic mass is 9.99. The predicted octanol–water partition coefficient (Wildman–Crippen LogP) is 3.42. The molecule has 2 N–H and O–H groups in total. The Balaban J connectivity index is 0.00000320. The lowest BCUT2D eigenvalue weighted by molar-refractivity contribution is 0.0186. The van der Waals surface area contributed by atoms with Crippen molar-refractivity contribution in [1.29, 1.82) is 0 Å². The monoisotopic (exact) mass is 549 g/mol. The van der Waals surface area contributed by atoms with E-state index >= 15 is 0 Å². The standard InChI is InChI=1S/C22H39N5OS.HI/c1-3-23-22(24-9-5-10-26-11-7-19(2)8-12-26)25-18-20(21-6-4-17-29-21)27-13-15-28-16-14-27;/h4,6,17,19-20H,3,5,7-16,18H2,1-2H3,(H2,23,24,25);1H. The molecular formula is C22H40IN5OS. The molecule has 2 saturated heterocycles. The van der Waals surface area contributed by atoms with Crippen LogP contribution in [0, 0.1) is 5.92 Å². The first-order valence-electron chi connectivity index (χ1n) is 11.4. The van der Waals surface area contributed by atoms with Gasteiger partial charge in [0, 0.05) is 31.1 Å². The molecule has 2 fully saturated rings. The topological polar surface area (TPSA) is 52.1 Å². The number of hydrogen-bond donors (Lipinski definition) is 2. The number of guanidine groups is 1. The normalized spacial score (nSPS) is 20.5. The molecule has 0 radical (unpaired) electrons. The van der Waals surface area contributed by atoms with Crippen LogP contribution in [0.3, 0.4) is 0 Å². The average molecular weight is 550 g/mol. The fraction of sp³-hybridized carbons (Fsp3) is 0.773. The third-order valence-corrected chi connectivity index (χ3v) is 6.92. The molecule has 30 heavy (non-hydrogen) atoms. The molecule has 8 heteroatoms. The number of nitrogens with zero attached hydrogens (tertiary/aromatic N) is 3. The van der Waals surface area contributed by atoms with Crippen LogP contribution in [-0.4, -0.2) is 81.3 Å². The van der Waals surface area contributed by atoms with E-state index in [4.69, 9.17) is 9.73 Å². The molecule has 0 bridgehead atoms. The van der Waals surface area contributed by atoms with Gasteiger partial charge in [0.1, 0.15) is 0 Å². The molecule has 2 aliphatic heterocycles. The maximum atomic E-state index is 5.55. The molecule has 6 nitrogen and oxygen atoms in total. The second kappa shape index (κ2) is 14.6. The fourth-order valence-electron chi connectivity index (χ4n) is 4.07. The third kappa shape index (κ3) is 8.61. The van der Waals surface area contributed by atoms with E-state index in [0.717, 1.165) is 64.2 Å². The molecule has 1 aromatic heterocycles. The minimum atomic E-state index is 0. The molecule has 0 saturated carbocycles. The van der Waals surface area contributed by atoms with Gasteiger partial charge < -0.3 is 20.3 Å². The van der Waals surface area contributed by atoms with Crippen molar-refractivity contribution >= 4 is 41.3 Å². The largest absolute Gasteiger partial charge is 0.379 e. The fourth-order valence-corrected chi connectivity index (χ4v) is 4.92. The minimum absolute atomic E-state index is 0. The predicted molar refractivity (Wildman–Crippen MR) is 138 cm³/mol. The molecule has 0 spiro atoms. The van der Waals surface area contributed by atoms with E-state index in [1.54, 1.807) is 0 Å². The Bertz CT molecular complexity index is 586. The Kier molecular flexibility index (Phi) is 12.6. The van der Waals surface area contributed by atoms with Crippen molar-refractivity contribution in [2.45, 2.75) is 39.2 Å². The SMILES string of the molecule is CCNC(=NCC(c1cccs1)N1CCOCC1)NCCCN1CCC(C)CC1.I. The van der Waals surface area contributed by atoms with E-state index in [0.29, 0.717) is 6.04 Å². The lowest BCUT2D eigenvalue weighted by Gasteiger charge is -2.33. The molecule has 172 valence electrons. The first kappa shape index (κ1) is 25.8. The summed E-state index contributed by atoms with van der Waals surface area (Å²) in [7, 11) is 0. The number of nitrogens with one attached hydrogen (secondary N) is 2. The summed E-state index contributed by atoms with van der Waals surface area (Å²) in [5, 5.41) is 9.12. The molecule has 2 aliphatic rings. The van der Waals surface area contributed by atoms with Crippen molar-refractivity contribution in [3.63, 3.8) is 0 Å². The molecule has 1 atom stereocenters. The van der Waals surface area contributed by atoms with E-state index in [9.17, 15) is 0 Å². The number of aliphatic imine (C=N–C) groups is 1. The number of piperidine rings is 1. The summed E-state index contributed by atoms with van der Waals surface area (Å²) in [6.07, 6.45) is 3.86. The number of thiophene rings is 1. The molecule has 0 aromatic carbocycles. The van der Waals surface area contributed by atoms with Crippen LogP contribution in [0.5, 0.6) is 0 Å². The second-order valence-electron chi connectivity index (χ2n) is 8.20. The van der Waals surface area contributed by atoms with E-state index in [1.807, 2.05) is 11.3 Å². The van der Waals surface area contributed by atoms with Gasteiger partial charge in [-0.25, -0.2) is 0 Å². The Labute approximate surface area is 203 Å². The molecular weight excluding hydrogens is 509 g/mol. The highest BCUT2D eigenvalue weighted by Crippen LogP contribution is 2.26. The highest BCUT2D eigenvalue weighted by Gasteiger charge is 2.23. The van der Waals surface area contributed by atoms with Crippen LogP contribution >= 0.6 is 35.3 Å². The molecule has 1 unspecified atom stereocenters. The summed E-state index contributed by atoms with van der Waals surface area (Å²) in [6.45, 7) is 14.4. The van der Waals surface area contributed by atoms with E-state index < -0.39 is 0 Å². The van der Waals surface area contributed by atoms with Crippen LogP contribution in [0.4, 0.5) is 0 Å². The van der Waals surface area contributed by atoms with Crippen LogP contribution in [0.2, 0.25) is 0 Å². The van der Waals surface area contributed by atoms with Crippen LogP contribution in [0.25, 0.3) is 0 Å². The average Bonchev–Trinajstić information content (AvgIpc) is 3.28. The number of rotatable bonds is 9. The van der Waals surface area contributed by atoms with Crippen LogP contribution in [0.15, 0.2) is 22.5 Å². The van der Waals surface area contributed by atoms with Gasteiger partial charge in [-0.1, -0.05) is 13.0 Å². The maximum absolute atomic E-state index is 5.55. The van der Waals surface area contributed by atoms with Gasteiger partial charge in [-0.2, -0.15) is 0 Å². The van der Waals surface area contributed by atoms with Gasteiger partial charge in [-0.3, -0.25) is 9.89 Å². The van der Waals surface area contributed by atoms with Crippen LogP contribution in [0.1, 0.15) is 44.0 Å². The quantitative estimate of drug-likeness (QED) is 0.214. The van der Waals surface area contributed by atoms with Crippen molar-refractivity contribution in [2.75, 3.05) is 65.6 Å². The van der Waals surface area contributed by atoms with Gasteiger partial charge in [0.2, 0.25) is 0 Å². The Morgan fingerprint density at radius 3 is 2.67 bits per heavy atom. The molecule has 0 amide bonds. The Morgan fingerprint density at radius 2 is 2.00 bits per heavy atom. The van der Waals surface area contributed by atoms with Gasteiger partial charge >= 0.3 is 0 Å². The van der Waals surface area contributed by atoms with Gasteiger partial charge in [0.25, 0.3) is 0 Å². The highest BCUT2D eigenvalue weighted by molar-refractivity contribution is 14.0. The molecule has 3 rings (SSSR count). The zero-order valence-electron chi connectivity index (χ0n) is 18.6. The smallest absolute Gasteiger partial charge is 0.191 e. The maximum Gasteiger partial charge on any atom is 0.191 e. The van der Waals surface area contributed by atoms with Gasteiger partial charge in [-0.05, 0) is 63.2 Å². The van der Waals surface area contributed by atoms with Gasteiger partial charge in [0.05, 0.1) is 25.8 Å². The Morgan fingerprint density at radius 1 is 1.23 bits per heavy atom. The van der Waals surface area contributed by atoms with Gasteiger partial charge in [-0.15, -0.1) is 35.3 Å². The first-order chi connectivity index (χ1) is 14.3. The molecule has 3 heterocycles. The number of likely N-dealkylation sites (tertiary alicyclic amines) is 1. The summed E-state index contributed by atoms with van der Waals surface area (Å²) in [4.78, 5) is 11.5. The summed E-state index contributed by atoms with van der Waals surface area (Å²) in [5.74, 6) is 1.84. The third-order valence-electron chi connectivity index (χ3n) is 5.94. The summed E-state index contributed by atoms with van der Waals surface area (Å²) >= 11 is 1.83. The number of halogens is 1. The summed E-state index contributed by atoms with van der Waals surface area (Å²) in [5.41, 5.74) is 0. The zero-order valence-corrected chi connectivity index (χ0v) is 21.8. The number of hydrogen-bond acceptors (Lipinski definition) is 5. The van der Waals surface area contributed by atoms with E-state index in [1.165, 1.54) is 37.4 Å². The van der Waals surface area contributed by atoms with Crippen molar-refractivity contribution in [3.8, 4) is 0 Å². The van der Waals surface area contributed by atoms with Gasteiger partial charge in [0.15, 0.2) is 5.96 Å². The van der Waals surface area contributed by atoms with Crippen molar-refractivity contribution in [3.05, 3.63) is 22.4 Å². The van der Waals surface area contributed by atoms with E-state index in [2.05, 4.69) is 51.8 Å². The lowest BCUT2D eigenvalue weighted by Crippen LogP contribution is -2.42. The Hall–Kier alpha value is -0.420. The van der Waals surface area contributed by atoms with Crippen molar-refractivity contribution in [2.24, 2.45) is 10.9 Å². The van der Waals surface area contributed by atoms with Crippen molar-refractivity contribution < 1.29 is 4.74 Å². The minimum Gasteiger partial charge on any atom is -0.379 e.